The van der Waals surface area contributed by atoms with Gasteiger partial charge in [-0.05, 0) is 31.9 Å². The molecule has 0 saturated heterocycles. The zero-order valence-corrected chi connectivity index (χ0v) is 10.5. The molecule has 0 heterocycles. The quantitative estimate of drug-likeness (QED) is 0.425. The molecule has 0 aliphatic heterocycles. The van der Waals surface area contributed by atoms with Crippen molar-refractivity contribution >= 4 is 12.7 Å². The highest BCUT2D eigenvalue weighted by atomic mass is 16.5. The zero-order valence-electron chi connectivity index (χ0n) is 10.5. The van der Waals surface area contributed by atoms with Crippen molar-refractivity contribution < 1.29 is 9.53 Å². The first-order valence-electron chi connectivity index (χ1n) is 5.50. The maximum atomic E-state index is 11.3. The Morgan fingerprint density at radius 1 is 1.59 bits per heavy atom. The summed E-state index contributed by atoms with van der Waals surface area (Å²) in [5, 5.41) is 5.70. The third-order valence-electron chi connectivity index (χ3n) is 2.45. The average Bonchev–Trinajstić information content (AvgIpc) is 2.35. The van der Waals surface area contributed by atoms with Crippen LogP contribution in [0.25, 0.3) is 0 Å². The van der Waals surface area contributed by atoms with E-state index in [0.717, 1.165) is 5.57 Å². The Bertz CT molecular complexity index is 392. The molecule has 0 N–H and O–H groups in total. The Balaban J connectivity index is 2.73. The lowest BCUT2D eigenvalue weighted by Gasteiger charge is -2.19. The van der Waals surface area contributed by atoms with E-state index in [1.165, 1.54) is 7.11 Å². The molecule has 0 amide bonds. The molecule has 0 atom stereocenters. The van der Waals surface area contributed by atoms with Crippen LogP contribution in [0.3, 0.4) is 0 Å². The molecule has 1 aliphatic rings. The van der Waals surface area contributed by atoms with Crippen molar-refractivity contribution in [1.82, 2.24) is 5.01 Å². The lowest BCUT2D eigenvalue weighted by atomic mass is 10.0. The maximum Gasteiger partial charge on any atom is 0.337 e. The van der Waals surface area contributed by atoms with Crippen LogP contribution in [0.4, 0.5) is 0 Å². The second-order valence-electron chi connectivity index (χ2n) is 4.01. The van der Waals surface area contributed by atoms with Crippen LogP contribution in [0.15, 0.2) is 40.7 Å². The number of ether oxygens (including phenoxy) is 1. The number of hydrazone groups is 1. The van der Waals surface area contributed by atoms with Crippen LogP contribution in [0, 0.1) is 0 Å². The molecule has 0 spiro atoms. The first-order valence-corrected chi connectivity index (χ1v) is 5.50. The maximum absolute atomic E-state index is 11.3. The highest BCUT2D eigenvalue weighted by Crippen LogP contribution is 2.17. The highest BCUT2D eigenvalue weighted by Gasteiger charge is 2.10. The van der Waals surface area contributed by atoms with E-state index >= 15 is 0 Å². The minimum absolute atomic E-state index is 0.263. The van der Waals surface area contributed by atoms with Crippen LogP contribution in [0.1, 0.15) is 20.3 Å². The fourth-order valence-corrected chi connectivity index (χ4v) is 1.45. The van der Waals surface area contributed by atoms with E-state index in [1.807, 2.05) is 32.2 Å². The van der Waals surface area contributed by atoms with Crippen molar-refractivity contribution in [3.63, 3.8) is 0 Å². The van der Waals surface area contributed by atoms with Gasteiger partial charge in [0.25, 0.3) is 0 Å². The molecular formula is C13H18N2O2. The lowest BCUT2D eigenvalue weighted by Crippen LogP contribution is -2.19. The molecule has 0 unspecified atom stereocenters. The smallest absolute Gasteiger partial charge is 0.337 e. The number of esters is 1. The molecule has 0 bridgehead atoms. The largest absolute Gasteiger partial charge is 0.465 e. The van der Waals surface area contributed by atoms with E-state index in [2.05, 4.69) is 16.6 Å². The Morgan fingerprint density at radius 3 is 2.71 bits per heavy atom. The Kier molecular flexibility index (Phi) is 4.69. The molecule has 0 saturated carbocycles. The molecule has 1 aliphatic carbocycles. The van der Waals surface area contributed by atoms with Crippen molar-refractivity contribution in [3.05, 3.63) is 35.6 Å². The molecule has 1 rings (SSSR count). The fraction of sp³-hybridized carbons (Fsp3) is 0.385. The number of allylic oxidation sites excluding steroid dienone is 3. The average molecular weight is 234 g/mol. The van der Waals surface area contributed by atoms with Gasteiger partial charge in [-0.1, -0.05) is 12.2 Å². The van der Waals surface area contributed by atoms with Crippen molar-refractivity contribution in [3.8, 4) is 0 Å². The van der Waals surface area contributed by atoms with Gasteiger partial charge in [-0.25, -0.2) is 4.79 Å². The Morgan fingerprint density at radius 2 is 2.29 bits per heavy atom. The van der Waals surface area contributed by atoms with Gasteiger partial charge < -0.3 is 4.74 Å². The molecule has 17 heavy (non-hydrogen) atoms. The van der Waals surface area contributed by atoms with E-state index in [0.29, 0.717) is 12.0 Å². The third kappa shape index (κ3) is 3.59. The molecule has 0 aromatic carbocycles. The van der Waals surface area contributed by atoms with Gasteiger partial charge in [-0.3, -0.25) is 5.01 Å². The van der Waals surface area contributed by atoms with Gasteiger partial charge in [0.2, 0.25) is 0 Å². The van der Waals surface area contributed by atoms with Gasteiger partial charge in [0.05, 0.1) is 12.7 Å². The summed E-state index contributed by atoms with van der Waals surface area (Å²) < 4.78 is 4.65. The van der Waals surface area contributed by atoms with Crippen molar-refractivity contribution in [2.24, 2.45) is 5.10 Å². The summed E-state index contributed by atoms with van der Waals surface area (Å²) in [5.41, 5.74) is 1.67. The van der Waals surface area contributed by atoms with E-state index in [-0.39, 0.29) is 12.0 Å². The Labute approximate surface area is 102 Å². The molecular weight excluding hydrogens is 216 g/mol. The predicted molar refractivity (Wildman–Crippen MR) is 68.5 cm³/mol. The fourth-order valence-electron chi connectivity index (χ4n) is 1.45. The summed E-state index contributed by atoms with van der Waals surface area (Å²) in [5.74, 6) is -0.303. The number of nitrogens with zero attached hydrogens (tertiary/aromatic N) is 2. The topological polar surface area (TPSA) is 41.9 Å². The zero-order chi connectivity index (χ0) is 12.8. The number of hydrogen-bond acceptors (Lipinski definition) is 4. The second kappa shape index (κ2) is 6.03. The second-order valence-corrected chi connectivity index (χ2v) is 4.01. The summed E-state index contributed by atoms with van der Waals surface area (Å²) >= 11 is 0. The summed E-state index contributed by atoms with van der Waals surface area (Å²) in [6, 6.07) is 0.263. The van der Waals surface area contributed by atoms with Gasteiger partial charge >= 0.3 is 5.97 Å². The molecule has 92 valence electrons. The van der Waals surface area contributed by atoms with Crippen LogP contribution in [-0.2, 0) is 9.53 Å². The van der Waals surface area contributed by atoms with E-state index < -0.39 is 0 Å². The molecule has 4 heteroatoms. The summed E-state index contributed by atoms with van der Waals surface area (Å²) in [6.07, 6.45) is 8.12. The first kappa shape index (κ1) is 13.2. The van der Waals surface area contributed by atoms with Crippen LogP contribution in [0.5, 0.6) is 0 Å². The van der Waals surface area contributed by atoms with Crippen LogP contribution < -0.4 is 0 Å². The van der Waals surface area contributed by atoms with Crippen molar-refractivity contribution in [2.45, 2.75) is 26.3 Å². The third-order valence-corrected chi connectivity index (χ3v) is 2.45. The summed E-state index contributed by atoms with van der Waals surface area (Å²) in [7, 11) is 1.38. The normalized spacial score (nSPS) is 16.9. The van der Waals surface area contributed by atoms with Crippen molar-refractivity contribution in [1.29, 1.82) is 0 Å². The predicted octanol–water partition coefficient (Wildman–Crippen LogP) is 2.26. The standard InChI is InChI=1S/C13H18N2O2/c1-10(2)15(14-3)9-11-5-7-12(8-6-11)13(16)17-4/h5,7-10H,3,6H2,1-2,4H3/b11-9-. The first-order chi connectivity index (χ1) is 8.08. The number of methoxy groups -OCH3 is 1. The molecule has 0 fully saturated rings. The van der Waals surface area contributed by atoms with E-state index in [4.69, 9.17) is 0 Å². The van der Waals surface area contributed by atoms with Gasteiger partial charge in [0.15, 0.2) is 0 Å². The van der Waals surface area contributed by atoms with Gasteiger partial charge in [-0.2, -0.15) is 5.10 Å². The van der Waals surface area contributed by atoms with Crippen LogP contribution >= 0.6 is 0 Å². The molecule has 0 radical (unpaired) electrons. The minimum Gasteiger partial charge on any atom is -0.465 e. The van der Waals surface area contributed by atoms with Gasteiger partial charge in [0.1, 0.15) is 0 Å². The van der Waals surface area contributed by atoms with Crippen molar-refractivity contribution in [2.75, 3.05) is 7.11 Å². The minimum atomic E-state index is -0.303. The van der Waals surface area contributed by atoms with Crippen LogP contribution in [0.2, 0.25) is 0 Å². The SMILES string of the molecule is C=NN(/C=C1/C=CC(C(=O)OC)=CC1)C(C)C. The monoisotopic (exact) mass is 234 g/mol. The number of carbonyl (C=O) groups is 1. The van der Waals surface area contributed by atoms with E-state index in [9.17, 15) is 4.79 Å². The van der Waals surface area contributed by atoms with Gasteiger partial charge in [0, 0.05) is 19.0 Å². The summed E-state index contributed by atoms with van der Waals surface area (Å²) in [4.78, 5) is 11.3. The molecule has 4 nitrogen and oxygen atoms in total. The summed E-state index contributed by atoms with van der Waals surface area (Å²) in [6.45, 7) is 7.59. The number of rotatable bonds is 4. The van der Waals surface area contributed by atoms with E-state index in [1.54, 1.807) is 11.1 Å². The molecule has 0 aromatic rings. The van der Waals surface area contributed by atoms with Crippen LogP contribution in [-0.4, -0.2) is 30.8 Å². The Hall–Kier alpha value is -1.84. The highest BCUT2D eigenvalue weighted by molar-refractivity contribution is 5.92. The number of hydrogen-bond donors (Lipinski definition) is 0. The molecule has 0 aromatic heterocycles. The lowest BCUT2D eigenvalue weighted by molar-refractivity contribution is -0.135. The van der Waals surface area contributed by atoms with Gasteiger partial charge in [-0.15, -0.1) is 0 Å². The number of carbonyl (C=O) groups excluding carboxylic acids is 1.